The number of carbonyl (C=O) groups is 2. The first-order chi connectivity index (χ1) is 11.5. The highest BCUT2D eigenvalue weighted by Gasteiger charge is 2.22. The van der Waals surface area contributed by atoms with Crippen molar-refractivity contribution in [1.29, 1.82) is 0 Å². The number of ether oxygens (including phenoxy) is 3. The highest BCUT2D eigenvalue weighted by atomic mass is 79.9. The fraction of sp³-hybridized carbons (Fsp3) is 0.333. The third-order valence-corrected chi connectivity index (χ3v) is 3.43. The summed E-state index contributed by atoms with van der Waals surface area (Å²) in [6.45, 7) is 5.40. The van der Waals surface area contributed by atoms with Gasteiger partial charge in [0, 0.05) is 12.5 Å². The van der Waals surface area contributed by atoms with Crippen LogP contribution in [0, 0.1) is 0 Å². The van der Waals surface area contributed by atoms with Crippen LogP contribution in [0.4, 0.5) is 0 Å². The number of nitrogens with zero attached hydrogens (tertiary/aromatic N) is 2. The molecule has 1 heterocycles. The van der Waals surface area contributed by atoms with Gasteiger partial charge in [0.2, 0.25) is 0 Å². The Hall–Kier alpha value is -2.42. The van der Waals surface area contributed by atoms with E-state index >= 15 is 0 Å². The minimum absolute atomic E-state index is 0.0615. The van der Waals surface area contributed by atoms with E-state index in [0.29, 0.717) is 28.1 Å². The van der Waals surface area contributed by atoms with Gasteiger partial charge < -0.3 is 14.2 Å². The molecule has 0 aliphatic carbocycles. The van der Waals surface area contributed by atoms with Gasteiger partial charge in [-0.05, 0) is 41.9 Å². The number of rotatable bonds is 6. The molecule has 0 saturated heterocycles. The second-order valence-electron chi connectivity index (χ2n) is 4.55. The van der Waals surface area contributed by atoms with Gasteiger partial charge in [-0.1, -0.05) is 0 Å². The molecular weight excluding hydrogens is 382 g/mol. The predicted molar refractivity (Wildman–Crippen MR) is 88.0 cm³/mol. The Balaban J connectivity index is 2.51. The summed E-state index contributed by atoms with van der Waals surface area (Å²) in [7, 11) is 0. The molecule has 0 saturated carbocycles. The predicted octanol–water partition coefficient (Wildman–Crippen LogP) is 2.73. The second-order valence-corrected chi connectivity index (χ2v) is 5.41. The minimum Gasteiger partial charge on any atom is -0.490 e. The van der Waals surface area contributed by atoms with Gasteiger partial charge >= 0.3 is 11.9 Å². The highest BCUT2D eigenvalue weighted by Crippen LogP contribution is 2.40. The minimum atomic E-state index is -0.584. The van der Waals surface area contributed by atoms with Gasteiger partial charge in [0.05, 0.1) is 17.7 Å². The molecular formula is C15H16BrN3O5. The third kappa shape index (κ3) is 3.91. The third-order valence-electron chi connectivity index (χ3n) is 2.85. The van der Waals surface area contributed by atoms with Crippen molar-refractivity contribution in [2.45, 2.75) is 20.8 Å². The first-order valence-corrected chi connectivity index (χ1v) is 8.00. The van der Waals surface area contributed by atoms with Crippen LogP contribution in [0.15, 0.2) is 16.6 Å². The summed E-state index contributed by atoms with van der Waals surface area (Å²) in [4.78, 5) is 23.2. The Bertz CT molecular complexity index is 760. The maximum absolute atomic E-state index is 12.0. The van der Waals surface area contributed by atoms with Crippen molar-refractivity contribution in [3.8, 4) is 22.8 Å². The zero-order chi connectivity index (χ0) is 17.7. The summed E-state index contributed by atoms with van der Waals surface area (Å²) >= 11 is 3.34. The standard InChI is InChI=1S/C15H16BrN3O5/c1-4-22-11-7-9(6-10(16)14(11)24-8(3)20)12-13(18-19-17-12)15(21)23-5-2/h6-7H,4-5H2,1-3H3,(H,17,18,19). The van der Waals surface area contributed by atoms with E-state index in [1.165, 1.54) is 6.92 Å². The lowest BCUT2D eigenvalue weighted by atomic mass is 10.1. The molecule has 0 atom stereocenters. The van der Waals surface area contributed by atoms with Crippen molar-refractivity contribution in [3.05, 3.63) is 22.3 Å². The second kappa shape index (κ2) is 7.91. The summed E-state index contributed by atoms with van der Waals surface area (Å²) in [5.74, 6) is -0.457. The first kappa shape index (κ1) is 17.9. The number of hydrogen-bond donors (Lipinski definition) is 1. The molecule has 1 aromatic heterocycles. The Kier molecular flexibility index (Phi) is 5.91. The summed E-state index contributed by atoms with van der Waals surface area (Å²) in [6, 6.07) is 3.27. The molecule has 0 aliphatic rings. The number of carbonyl (C=O) groups excluding carboxylic acids is 2. The van der Waals surface area contributed by atoms with Crippen molar-refractivity contribution < 1.29 is 23.8 Å². The van der Waals surface area contributed by atoms with E-state index in [9.17, 15) is 9.59 Å². The van der Waals surface area contributed by atoms with Crippen molar-refractivity contribution in [2.24, 2.45) is 0 Å². The fourth-order valence-corrected chi connectivity index (χ4v) is 2.51. The lowest BCUT2D eigenvalue weighted by Gasteiger charge is -2.13. The number of aromatic nitrogens is 3. The molecule has 0 fully saturated rings. The number of halogens is 1. The van der Waals surface area contributed by atoms with Gasteiger partial charge in [0.1, 0.15) is 5.69 Å². The van der Waals surface area contributed by atoms with E-state index in [1.54, 1.807) is 26.0 Å². The maximum Gasteiger partial charge on any atom is 0.361 e. The molecule has 8 nitrogen and oxygen atoms in total. The van der Waals surface area contributed by atoms with Crippen molar-refractivity contribution in [3.63, 3.8) is 0 Å². The average Bonchev–Trinajstić information content (AvgIpc) is 3.00. The van der Waals surface area contributed by atoms with Gasteiger partial charge in [-0.25, -0.2) is 4.79 Å². The first-order valence-electron chi connectivity index (χ1n) is 7.20. The molecule has 128 valence electrons. The largest absolute Gasteiger partial charge is 0.490 e. The van der Waals surface area contributed by atoms with Crippen LogP contribution < -0.4 is 9.47 Å². The highest BCUT2D eigenvalue weighted by molar-refractivity contribution is 9.10. The Morgan fingerprint density at radius 1 is 1.21 bits per heavy atom. The van der Waals surface area contributed by atoms with E-state index in [-0.39, 0.29) is 18.1 Å². The number of nitrogens with one attached hydrogen (secondary N) is 1. The summed E-state index contributed by atoms with van der Waals surface area (Å²) in [5.41, 5.74) is 0.925. The molecule has 0 radical (unpaired) electrons. The topological polar surface area (TPSA) is 103 Å². The lowest BCUT2D eigenvalue weighted by Crippen LogP contribution is -2.07. The van der Waals surface area contributed by atoms with E-state index in [0.717, 1.165) is 0 Å². The van der Waals surface area contributed by atoms with Crippen molar-refractivity contribution in [1.82, 2.24) is 15.4 Å². The van der Waals surface area contributed by atoms with E-state index in [1.807, 2.05) is 0 Å². The van der Waals surface area contributed by atoms with Gasteiger partial charge in [0.25, 0.3) is 0 Å². The summed E-state index contributed by atoms with van der Waals surface area (Å²) in [6.07, 6.45) is 0. The summed E-state index contributed by atoms with van der Waals surface area (Å²) < 4.78 is 16.1. The van der Waals surface area contributed by atoms with Crippen LogP contribution in [-0.4, -0.2) is 40.6 Å². The Labute approximate surface area is 146 Å². The summed E-state index contributed by atoms with van der Waals surface area (Å²) in [5, 5.41) is 10.2. The van der Waals surface area contributed by atoms with Crippen LogP contribution in [0.1, 0.15) is 31.3 Å². The van der Waals surface area contributed by atoms with Crippen LogP contribution in [0.25, 0.3) is 11.3 Å². The quantitative estimate of drug-likeness (QED) is 0.590. The van der Waals surface area contributed by atoms with Gasteiger partial charge in [-0.15, -0.1) is 5.10 Å². The van der Waals surface area contributed by atoms with Crippen LogP contribution in [0.3, 0.4) is 0 Å². The number of hydrogen-bond acceptors (Lipinski definition) is 7. The molecule has 24 heavy (non-hydrogen) atoms. The van der Waals surface area contributed by atoms with Crippen molar-refractivity contribution >= 4 is 27.9 Å². The molecule has 0 aliphatic heterocycles. The van der Waals surface area contributed by atoms with E-state index in [4.69, 9.17) is 14.2 Å². The smallest absolute Gasteiger partial charge is 0.361 e. The van der Waals surface area contributed by atoms with E-state index < -0.39 is 11.9 Å². The molecule has 2 aromatic rings. The maximum atomic E-state index is 12.0. The zero-order valence-electron chi connectivity index (χ0n) is 13.4. The molecule has 1 aromatic carbocycles. The molecule has 2 rings (SSSR count). The normalized spacial score (nSPS) is 10.3. The Morgan fingerprint density at radius 2 is 1.96 bits per heavy atom. The van der Waals surface area contributed by atoms with Gasteiger partial charge in [0.15, 0.2) is 17.2 Å². The number of esters is 2. The fourth-order valence-electron chi connectivity index (χ4n) is 1.98. The SMILES string of the molecule is CCOC(=O)c1n[nH]nc1-c1cc(Br)c(OC(C)=O)c(OCC)c1. The molecule has 0 unspecified atom stereocenters. The lowest BCUT2D eigenvalue weighted by molar-refractivity contribution is -0.132. The molecule has 0 bridgehead atoms. The number of H-pyrrole nitrogens is 1. The molecule has 1 N–H and O–H groups in total. The molecule has 9 heteroatoms. The molecule has 0 spiro atoms. The van der Waals surface area contributed by atoms with Crippen molar-refractivity contribution in [2.75, 3.05) is 13.2 Å². The van der Waals surface area contributed by atoms with Crippen LogP contribution in [-0.2, 0) is 9.53 Å². The van der Waals surface area contributed by atoms with Crippen LogP contribution in [0.5, 0.6) is 11.5 Å². The van der Waals surface area contributed by atoms with E-state index in [2.05, 4.69) is 31.3 Å². The zero-order valence-corrected chi connectivity index (χ0v) is 15.0. The number of benzene rings is 1. The Morgan fingerprint density at radius 3 is 2.58 bits per heavy atom. The molecule has 0 amide bonds. The average molecular weight is 398 g/mol. The van der Waals surface area contributed by atoms with Crippen LogP contribution in [0.2, 0.25) is 0 Å². The van der Waals surface area contributed by atoms with Gasteiger partial charge in [-0.3, -0.25) is 4.79 Å². The monoisotopic (exact) mass is 397 g/mol. The van der Waals surface area contributed by atoms with Gasteiger partial charge in [-0.2, -0.15) is 10.3 Å². The van der Waals surface area contributed by atoms with Crippen LogP contribution >= 0.6 is 15.9 Å². The number of aromatic amines is 1.